The van der Waals surface area contributed by atoms with E-state index in [-0.39, 0.29) is 6.10 Å². The van der Waals surface area contributed by atoms with Gasteiger partial charge in [0.2, 0.25) is 0 Å². The molecule has 1 heterocycles. The van der Waals surface area contributed by atoms with Gasteiger partial charge in [-0.25, -0.2) is 4.79 Å². The van der Waals surface area contributed by atoms with Crippen LogP contribution in [0.1, 0.15) is 6.42 Å². The van der Waals surface area contributed by atoms with Gasteiger partial charge < -0.3 is 15.2 Å². The third kappa shape index (κ3) is 3.37. The fourth-order valence-corrected chi connectivity index (χ4v) is 0.991. The third-order valence-electron chi connectivity index (χ3n) is 1.53. The maximum Gasteiger partial charge on any atom is 0.381 e. The molecule has 0 aromatic carbocycles. The summed E-state index contributed by atoms with van der Waals surface area (Å²) >= 11 is 0. The van der Waals surface area contributed by atoms with Crippen molar-refractivity contribution in [2.24, 2.45) is 0 Å². The molecule has 1 aliphatic rings. The molecule has 4 nitrogen and oxygen atoms in total. The lowest BCUT2D eigenvalue weighted by Gasteiger charge is -2.21. The van der Waals surface area contributed by atoms with Crippen molar-refractivity contribution in [3.8, 4) is 11.8 Å². The first-order chi connectivity index (χ1) is 5.79. The Hall–Kier alpha value is -1.05. The SMILES string of the molecule is O=C(O)C#CCC1CNCCO1. The summed E-state index contributed by atoms with van der Waals surface area (Å²) in [5, 5.41) is 11.3. The predicted octanol–water partition coefficient (Wildman–Crippen LogP) is -0.547. The quantitative estimate of drug-likeness (QED) is 0.517. The molecule has 0 saturated carbocycles. The Bertz CT molecular complexity index is 210. The number of nitrogens with one attached hydrogen (secondary N) is 1. The number of carbonyl (C=O) groups is 1. The van der Waals surface area contributed by atoms with Crippen molar-refractivity contribution in [3.63, 3.8) is 0 Å². The second kappa shape index (κ2) is 4.75. The number of hydrogen-bond donors (Lipinski definition) is 2. The maximum atomic E-state index is 10.0. The average Bonchev–Trinajstić information content (AvgIpc) is 2.05. The molecule has 1 unspecified atom stereocenters. The summed E-state index contributed by atoms with van der Waals surface area (Å²) < 4.78 is 5.30. The lowest BCUT2D eigenvalue weighted by atomic mass is 10.2. The van der Waals surface area contributed by atoms with Crippen molar-refractivity contribution in [2.75, 3.05) is 19.7 Å². The Kier molecular flexibility index (Phi) is 3.58. The summed E-state index contributed by atoms with van der Waals surface area (Å²) in [6, 6.07) is 0. The molecule has 0 bridgehead atoms. The van der Waals surface area contributed by atoms with Gasteiger partial charge in [0.25, 0.3) is 0 Å². The van der Waals surface area contributed by atoms with Crippen LogP contribution in [-0.4, -0.2) is 36.9 Å². The summed E-state index contributed by atoms with van der Waals surface area (Å²) in [4.78, 5) is 10.0. The minimum Gasteiger partial charge on any atom is -0.472 e. The lowest BCUT2D eigenvalue weighted by Crippen LogP contribution is -2.38. The average molecular weight is 169 g/mol. The van der Waals surface area contributed by atoms with Gasteiger partial charge in [-0.3, -0.25) is 0 Å². The Morgan fingerprint density at radius 2 is 2.58 bits per heavy atom. The van der Waals surface area contributed by atoms with Gasteiger partial charge in [-0.1, -0.05) is 5.92 Å². The highest BCUT2D eigenvalue weighted by molar-refractivity contribution is 5.86. The van der Waals surface area contributed by atoms with Gasteiger partial charge in [-0.2, -0.15) is 0 Å². The normalized spacial score (nSPS) is 22.5. The fourth-order valence-electron chi connectivity index (χ4n) is 0.991. The van der Waals surface area contributed by atoms with Crippen LogP contribution in [0.2, 0.25) is 0 Å². The van der Waals surface area contributed by atoms with Crippen molar-refractivity contribution in [2.45, 2.75) is 12.5 Å². The molecule has 66 valence electrons. The summed E-state index contributed by atoms with van der Waals surface area (Å²) in [6.45, 7) is 2.30. The first-order valence-electron chi connectivity index (χ1n) is 3.83. The van der Waals surface area contributed by atoms with Crippen LogP contribution in [0.25, 0.3) is 0 Å². The highest BCUT2D eigenvalue weighted by Gasteiger charge is 2.10. The van der Waals surface area contributed by atoms with Crippen molar-refractivity contribution >= 4 is 5.97 Å². The van der Waals surface area contributed by atoms with Gasteiger partial charge in [0.05, 0.1) is 12.7 Å². The van der Waals surface area contributed by atoms with E-state index in [1.165, 1.54) is 0 Å². The lowest BCUT2D eigenvalue weighted by molar-refractivity contribution is -0.130. The van der Waals surface area contributed by atoms with Crippen LogP contribution < -0.4 is 5.32 Å². The molecule has 0 spiro atoms. The van der Waals surface area contributed by atoms with Crippen molar-refractivity contribution < 1.29 is 14.6 Å². The van der Waals surface area contributed by atoms with Crippen molar-refractivity contribution in [1.29, 1.82) is 0 Å². The van der Waals surface area contributed by atoms with Gasteiger partial charge in [0, 0.05) is 25.4 Å². The van der Waals surface area contributed by atoms with Crippen molar-refractivity contribution in [3.05, 3.63) is 0 Å². The molecule has 1 aliphatic heterocycles. The zero-order valence-electron chi connectivity index (χ0n) is 6.67. The van der Waals surface area contributed by atoms with E-state index < -0.39 is 5.97 Å². The standard InChI is InChI=1S/C8H11NO3/c10-8(11)3-1-2-7-6-9-4-5-12-7/h7,9H,2,4-6H2,(H,10,11). The molecule has 0 amide bonds. The van der Waals surface area contributed by atoms with Gasteiger partial charge in [-0.15, -0.1) is 0 Å². The van der Waals surface area contributed by atoms with E-state index in [1.807, 2.05) is 0 Å². The van der Waals surface area contributed by atoms with Crippen LogP contribution in [-0.2, 0) is 9.53 Å². The van der Waals surface area contributed by atoms with Crippen LogP contribution in [0, 0.1) is 11.8 Å². The van der Waals surface area contributed by atoms with E-state index in [9.17, 15) is 4.79 Å². The smallest absolute Gasteiger partial charge is 0.381 e. The van der Waals surface area contributed by atoms with Gasteiger partial charge in [-0.05, 0) is 0 Å². The van der Waals surface area contributed by atoms with Crippen LogP contribution in [0.15, 0.2) is 0 Å². The zero-order chi connectivity index (χ0) is 8.81. The molecule has 0 radical (unpaired) electrons. The number of hydrogen-bond acceptors (Lipinski definition) is 3. The Balaban J connectivity index is 2.22. The molecular formula is C8H11NO3. The van der Waals surface area contributed by atoms with Gasteiger partial charge in [0.1, 0.15) is 0 Å². The number of rotatable bonds is 1. The molecule has 1 rings (SSSR count). The minimum atomic E-state index is -1.08. The van der Waals surface area contributed by atoms with E-state index in [0.29, 0.717) is 13.0 Å². The van der Waals surface area contributed by atoms with Crippen LogP contribution in [0.3, 0.4) is 0 Å². The molecule has 0 aromatic rings. The topological polar surface area (TPSA) is 58.6 Å². The van der Waals surface area contributed by atoms with Gasteiger partial charge >= 0.3 is 5.97 Å². The Labute approximate surface area is 70.9 Å². The third-order valence-corrected chi connectivity index (χ3v) is 1.53. The van der Waals surface area contributed by atoms with E-state index in [0.717, 1.165) is 13.1 Å². The number of carboxylic acids is 1. The van der Waals surface area contributed by atoms with Crippen molar-refractivity contribution in [1.82, 2.24) is 5.32 Å². The first-order valence-corrected chi connectivity index (χ1v) is 3.83. The molecule has 1 saturated heterocycles. The maximum absolute atomic E-state index is 10.0. The molecule has 1 fully saturated rings. The largest absolute Gasteiger partial charge is 0.472 e. The number of carboxylic acid groups (broad SMARTS) is 1. The molecular weight excluding hydrogens is 158 g/mol. The van der Waals surface area contributed by atoms with E-state index in [4.69, 9.17) is 9.84 Å². The number of ether oxygens (including phenoxy) is 1. The highest BCUT2D eigenvalue weighted by atomic mass is 16.5. The summed E-state index contributed by atoms with van der Waals surface area (Å²) in [5.74, 6) is 3.51. The first kappa shape index (κ1) is 9.04. The van der Waals surface area contributed by atoms with E-state index in [2.05, 4.69) is 17.2 Å². The molecule has 0 aliphatic carbocycles. The number of aliphatic carboxylic acids is 1. The summed E-state index contributed by atoms with van der Waals surface area (Å²) in [6.07, 6.45) is 0.532. The second-order valence-corrected chi connectivity index (χ2v) is 2.51. The Morgan fingerprint density at radius 3 is 3.17 bits per heavy atom. The Morgan fingerprint density at radius 1 is 1.75 bits per heavy atom. The highest BCUT2D eigenvalue weighted by Crippen LogP contribution is 1.99. The van der Waals surface area contributed by atoms with E-state index in [1.54, 1.807) is 0 Å². The minimum absolute atomic E-state index is 0.0469. The van der Waals surface area contributed by atoms with Crippen LogP contribution >= 0.6 is 0 Å². The fraction of sp³-hybridized carbons (Fsp3) is 0.625. The monoisotopic (exact) mass is 169 g/mol. The summed E-state index contributed by atoms with van der Waals surface area (Å²) in [5.41, 5.74) is 0. The molecule has 0 aromatic heterocycles. The predicted molar refractivity (Wildman–Crippen MR) is 42.6 cm³/mol. The zero-order valence-corrected chi connectivity index (χ0v) is 6.67. The summed E-state index contributed by atoms with van der Waals surface area (Å²) in [7, 11) is 0. The van der Waals surface area contributed by atoms with E-state index >= 15 is 0 Å². The van der Waals surface area contributed by atoms with Gasteiger partial charge in [0.15, 0.2) is 0 Å². The molecule has 12 heavy (non-hydrogen) atoms. The second-order valence-electron chi connectivity index (χ2n) is 2.51. The molecule has 4 heteroatoms. The molecule has 1 atom stereocenters. The van der Waals surface area contributed by atoms with Crippen LogP contribution in [0.5, 0.6) is 0 Å². The number of morpholine rings is 1. The molecule has 2 N–H and O–H groups in total. The van der Waals surface area contributed by atoms with Crippen LogP contribution in [0.4, 0.5) is 0 Å².